The molecule has 1 aromatic heterocycles. The van der Waals surface area contributed by atoms with Gasteiger partial charge in [0, 0.05) is 16.3 Å². The standard InChI is InChI=1S/C15H27NS/c1-6-12(7-2)10-16-11-13-8-9-14(17-13)15(3,4)5/h8-9,12,16H,6-7,10-11H2,1-5H3. The number of hydrogen-bond donors (Lipinski definition) is 1. The second-order valence-electron chi connectivity index (χ2n) is 5.83. The third-order valence-electron chi connectivity index (χ3n) is 3.29. The van der Waals surface area contributed by atoms with Crippen molar-refractivity contribution in [2.75, 3.05) is 6.54 Å². The quantitative estimate of drug-likeness (QED) is 0.783. The average Bonchev–Trinajstić information content (AvgIpc) is 2.73. The lowest BCUT2D eigenvalue weighted by Crippen LogP contribution is -2.21. The zero-order chi connectivity index (χ0) is 12.9. The van der Waals surface area contributed by atoms with E-state index in [2.05, 4.69) is 52.1 Å². The Hall–Kier alpha value is -0.340. The molecule has 0 bridgehead atoms. The summed E-state index contributed by atoms with van der Waals surface area (Å²) in [5, 5.41) is 3.58. The van der Waals surface area contributed by atoms with Crippen molar-refractivity contribution < 1.29 is 0 Å². The average molecular weight is 253 g/mol. The summed E-state index contributed by atoms with van der Waals surface area (Å²) in [7, 11) is 0. The van der Waals surface area contributed by atoms with Crippen molar-refractivity contribution in [2.24, 2.45) is 5.92 Å². The third-order valence-corrected chi connectivity index (χ3v) is 4.80. The maximum atomic E-state index is 3.58. The Kier molecular flexibility index (Phi) is 5.68. The van der Waals surface area contributed by atoms with Gasteiger partial charge in [0.2, 0.25) is 0 Å². The number of nitrogens with one attached hydrogen (secondary N) is 1. The van der Waals surface area contributed by atoms with Gasteiger partial charge in [-0.2, -0.15) is 0 Å². The molecule has 1 heterocycles. The first-order valence-corrected chi connectivity index (χ1v) is 7.59. The van der Waals surface area contributed by atoms with E-state index in [1.165, 1.54) is 22.6 Å². The lowest BCUT2D eigenvalue weighted by molar-refractivity contribution is 0.450. The highest BCUT2D eigenvalue weighted by Crippen LogP contribution is 2.29. The van der Waals surface area contributed by atoms with Crippen molar-refractivity contribution in [3.05, 3.63) is 21.9 Å². The van der Waals surface area contributed by atoms with Crippen LogP contribution in [0.4, 0.5) is 0 Å². The van der Waals surface area contributed by atoms with Crippen molar-refractivity contribution in [1.29, 1.82) is 0 Å². The molecule has 98 valence electrons. The minimum absolute atomic E-state index is 0.290. The molecular formula is C15H27NS. The maximum Gasteiger partial charge on any atom is 0.0299 e. The molecule has 0 spiro atoms. The van der Waals surface area contributed by atoms with Crippen LogP contribution in [0.5, 0.6) is 0 Å². The largest absolute Gasteiger partial charge is 0.312 e. The van der Waals surface area contributed by atoms with Crippen LogP contribution >= 0.6 is 11.3 Å². The van der Waals surface area contributed by atoms with Gasteiger partial charge in [-0.25, -0.2) is 0 Å². The highest BCUT2D eigenvalue weighted by atomic mass is 32.1. The third kappa shape index (κ3) is 4.81. The molecule has 0 amide bonds. The highest BCUT2D eigenvalue weighted by Gasteiger charge is 2.15. The molecule has 1 rings (SSSR count). The Morgan fingerprint density at radius 1 is 1.18 bits per heavy atom. The normalized spacial score (nSPS) is 12.4. The fourth-order valence-corrected chi connectivity index (χ4v) is 2.89. The minimum Gasteiger partial charge on any atom is -0.312 e. The van der Waals surface area contributed by atoms with Gasteiger partial charge in [-0.1, -0.05) is 47.5 Å². The van der Waals surface area contributed by atoms with Gasteiger partial charge in [0.1, 0.15) is 0 Å². The topological polar surface area (TPSA) is 12.0 Å². The SMILES string of the molecule is CCC(CC)CNCc1ccc(C(C)(C)C)s1. The number of rotatable bonds is 6. The lowest BCUT2D eigenvalue weighted by atomic mass is 9.95. The van der Waals surface area contributed by atoms with Crippen LogP contribution < -0.4 is 5.32 Å². The predicted molar refractivity (Wildman–Crippen MR) is 78.8 cm³/mol. The van der Waals surface area contributed by atoms with Crippen molar-refractivity contribution in [3.8, 4) is 0 Å². The zero-order valence-electron chi connectivity index (χ0n) is 12.0. The monoisotopic (exact) mass is 253 g/mol. The van der Waals surface area contributed by atoms with Gasteiger partial charge < -0.3 is 5.32 Å². The molecule has 0 atom stereocenters. The van der Waals surface area contributed by atoms with Crippen molar-refractivity contribution in [2.45, 2.75) is 59.4 Å². The predicted octanol–water partition coefficient (Wildman–Crippen LogP) is 4.57. The lowest BCUT2D eigenvalue weighted by Gasteiger charge is -2.15. The van der Waals surface area contributed by atoms with Crippen LogP contribution in [0.15, 0.2) is 12.1 Å². The Labute approximate surface area is 111 Å². The van der Waals surface area contributed by atoms with Crippen LogP contribution in [0.1, 0.15) is 57.2 Å². The van der Waals surface area contributed by atoms with Crippen LogP contribution in [-0.4, -0.2) is 6.54 Å². The molecule has 17 heavy (non-hydrogen) atoms. The van der Waals surface area contributed by atoms with Crippen LogP contribution in [0.3, 0.4) is 0 Å². The summed E-state index contributed by atoms with van der Waals surface area (Å²) >= 11 is 1.94. The molecule has 1 nitrogen and oxygen atoms in total. The van der Waals surface area contributed by atoms with E-state index in [0.717, 1.165) is 19.0 Å². The van der Waals surface area contributed by atoms with E-state index in [1.807, 2.05) is 11.3 Å². The molecule has 0 aliphatic heterocycles. The molecule has 0 aliphatic rings. The fraction of sp³-hybridized carbons (Fsp3) is 0.733. The van der Waals surface area contributed by atoms with Crippen molar-refractivity contribution in [3.63, 3.8) is 0 Å². The smallest absolute Gasteiger partial charge is 0.0299 e. The Balaban J connectivity index is 2.40. The molecule has 0 unspecified atom stereocenters. The fourth-order valence-electron chi connectivity index (χ4n) is 1.85. The van der Waals surface area contributed by atoms with Gasteiger partial charge >= 0.3 is 0 Å². The minimum atomic E-state index is 0.290. The highest BCUT2D eigenvalue weighted by molar-refractivity contribution is 7.12. The van der Waals surface area contributed by atoms with E-state index in [-0.39, 0.29) is 5.41 Å². The summed E-state index contributed by atoms with van der Waals surface area (Å²) in [6, 6.07) is 4.55. The summed E-state index contributed by atoms with van der Waals surface area (Å²) in [4.78, 5) is 2.94. The molecule has 2 heteroatoms. The van der Waals surface area contributed by atoms with Crippen molar-refractivity contribution >= 4 is 11.3 Å². The zero-order valence-corrected chi connectivity index (χ0v) is 12.8. The van der Waals surface area contributed by atoms with E-state index >= 15 is 0 Å². The molecular weight excluding hydrogens is 226 g/mol. The Bertz CT molecular complexity index is 318. The molecule has 1 N–H and O–H groups in total. The van der Waals surface area contributed by atoms with Crippen molar-refractivity contribution in [1.82, 2.24) is 5.32 Å². The summed E-state index contributed by atoms with van der Waals surface area (Å²) in [5.74, 6) is 0.831. The second kappa shape index (κ2) is 6.55. The molecule has 1 aromatic rings. The molecule has 0 radical (unpaired) electrons. The van der Waals surface area contributed by atoms with E-state index in [0.29, 0.717) is 0 Å². The van der Waals surface area contributed by atoms with Crippen LogP contribution in [0, 0.1) is 5.92 Å². The van der Waals surface area contributed by atoms with Crippen LogP contribution in [0.2, 0.25) is 0 Å². The first-order chi connectivity index (χ1) is 7.97. The summed E-state index contributed by atoms with van der Waals surface area (Å²) in [5.41, 5.74) is 0.290. The van der Waals surface area contributed by atoms with E-state index in [4.69, 9.17) is 0 Å². The Morgan fingerprint density at radius 3 is 2.29 bits per heavy atom. The first kappa shape index (κ1) is 14.7. The van der Waals surface area contributed by atoms with E-state index < -0.39 is 0 Å². The molecule has 0 saturated carbocycles. The summed E-state index contributed by atoms with van der Waals surface area (Å²) < 4.78 is 0. The molecule has 0 aliphatic carbocycles. The number of hydrogen-bond acceptors (Lipinski definition) is 2. The van der Waals surface area contributed by atoms with Gasteiger partial charge in [-0.3, -0.25) is 0 Å². The molecule has 0 fully saturated rings. The van der Waals surface area contributed by atoms with Crippen LogP contribution in [-0.2, 0) is 12.0 Å². The molecule has 0 aromatic carbocycles. The second-order valence-corrected chi connectivity index (χ2v) is 7.00. The van der Waals surface area contributed by atoms with Gasteiger partial charge in [0.25, 0.3) is 0 Å². The van der Waals surface area contributed by atoms with Gasteiger partial charge in [0.15, 0.2) is 0 Å². The first-order valence-electron chi connectivity index (χ1n) is 6.77. The van der Waals surface area contributed by atoms with Gasteiger partial charge in [-0.15, -0.1) is 11.3 Å². The Morgan fingerprint density at radius 2 is 1.82 bits per heavy atom. The van der Waals surface area contributed by atoms with Gasteiger partial charge in [0.05, 0.1) is 0 Å². The molecule has 0 saturated heterocycles. The summed E-state index contributed by atoms with van der Waals surface area (Å²) in [6.45, 7) is 13.6. The maximum absolute atomic E-state index is 3.58. The van der Waals surface area contributed by atoms with Crippen LogP contribution in [0.25, 0.3) is 0 Å². The number of thiophene rings is 1. The van der Waals surface area contributed by atoms with Gasteiger partial charge in [-0.05, 0) is 30.0 Å². The van der Waals surface area contributed by atoms with E-state index in [1.54, 1.807) is 0 Å². The summed E-state index contributed by atoms with van der Waals surface area (Å²) in [6.07, 6.45) is 2.56. The van der Waals surface area contributed by atoms with E-state index in [9.17, 15) is 0 Å².